The van der Waals surface area contributed by atoms with Gasteiger partial charge >= 0.3 is 6.18 Å². The second-order valence-electron chi connectivity index (χ2n) is 3.86. The number of benzene rings is 1. The number of rotatable bonds is 2. The zero-order valence-electron chi connectivity index (χ0n) is 9.13. The van der Waals surface area contributed by atoms with Gasteiger partial charge in [-0.3, -0.25) is 0 Å². The fourth-order valence-electron chi connectivity index (χ4n) is 1.50. The Morgan fingerprint density at radius 3 is 2.37 bits per heavy atom. The van der Waals surface area contributed by atoms with Crippen molar-refractivity contribution in [1.29, 1.82) is 0 Å². The third-order valence-electron chi connectivity index (χ3n) is 2.16. The normalized spacial score (nSPS) is 23.2. The number of nitrogens with zero attached hydrogens (tertiary/aromatic N) is 1. The molecule has 1 aromatic carbocycles. The molecule has 1 aliphatic rings. The number of hydrogen-bond donors (Lipinski definition) is 2. The molecule has 0 saturated heterocycles. The molecule has 1 aromatic rings. The molecule has 0 radical (unpaired) electrons. The summed E-state index contributed by atoms with van der Waals surface area (Å²) in [6.45, 7) is 0. The minimum atomic E-state index is -4.62. The zero-order valence-corrected chi connectivity index (χ0v) is 10.6. The SMILES string of the molecule is OC1(CC(F)(F)F)N=C(c2cc(Cl)cc(Cl)c2)NO1. The highest BCUT2D eigenvalue weighted by atomic mass is 35.5. The number of hydroxylamine groups is 1. The molecule has 1 unspecified atom stereocenters. The number of amidine groups is 1. The molecule has 0 aromatic heterocycles. The van der Waals surface area contributed by atoms with E-state index in [9.17, 15) is 18.3 Å². The Morgan fingerprint density at radius 1 is 1.26 bits per heavy atom. The number of nitrogens with one attached hydrogen (secondary N) is 1. The largest absolute Gasteiger partial charge is 0.396 e. The van der Waals surface area contributed by atoms with E-state index >= 15 is 0 Å². The number of hydrogen-bond acceptors (Lipinski definition) is 4. The summed E-state index contributed by atoms with van der Waals surface area (Å²) in [5, 5.41) is 10.1. The summed E-state index contributed by atoms with van der Waals surface area (Å²) in [7, 11) is 0. The van der Waals surface area contributed by atoms with Crippen molar-refractivity contribution in [3.05, 3.63) is 33.8 Å². The van der Waals surface area contributed by atoms with Crippen molar-refractivity contribution in [2.45, 2.75) is 18.5 Å². The highest BCUT2D eigenvalue weighted by Gasteiger charge is 2.46. The molecule has 4 nitrogen and oxygen atoms in total. The van der Waals surface area contributed by atoms with Crippen LogP contribution < -0.4 is 5.48 Å². The lowest BCUT2D eigenvalue weighted by molar-refractivity contribution is -0.266. The first-order valence-electron chi connectivity index (χ1n) is 4.96. The molecule has 9 heteroatoms. The molecular weight excluding hydrogens is 308 g/mol. The van der Waals surface area contributed by atoms with Crippen LogP contribution in [-0.2, 0) is 4.84 Å². The van der Waals surface area contributed by atoms with Crippen LogP contribution in [0.25, 0.3) is 0 Å². The first-order chi connectivity index (χ1) is 8.67. The number of halogens is 5. The Kier molecular flexibility index (Phi) is 3.65. The van der Waals surface area contributed by atoms with Gasteiger partial charge in [-0.25, -0.2) is 15.3 Å². The second-order valence-corrected chi connectivity index (χ2v) is 4.73. The van der Waals surface area contributed by atoms with Crippen LogP contribution in [0.5, 0.6) is 0 Å². The van der Waals surface area contributed by atoms with Gasteiger partial charge in [-0.1, -0.05) is 23.2 Å². The van der Waals surface area contributed by atoms with Gasteiger partial charge in [0.15, 0.2) is 5.84 Å². The average Bonchev–Trinajstić information content (AvgIpc) is 2.56. The van der Waals surface area contributed by atoms with E-state index < -0.39 is 18.5 Å². The molecular formula is C10H7Cl2F3N2O2. The Hall–Kier alpha value is -1.02. The minimum Gasteiger partial charge on any atom is -0.346 e. The molecule has 1 heterocycles. The predicted octanol–water partition coefficient (Wildman–Crippen LogP) is 2.87. The summed E-state index contributed by atoms with van der Waals surface area (Å²) < 4.78 is 36.7. The van der Waals surface area contributed by atoms with E-state index in [2.05, 4.69) is 15.3 Å². The monoisotopic (exact) mass is 314 g/mol. The average molecular weight is 315 g/mol. The standard InChI is InChI=1S/C10H7Cl2F3N2O2/c11-6-1-5(2-7(12)3-6)8-16-10(18,19-17-8)4-9(13,14)15/h1-3,18H,4H2,(H,16,17). The minimum absolute atomic E-state index is 0.0869. The van der Waals surface area contributed by atoms with Crippen LogP contribution in [-0.4, -0.2) is 23.0 Å². The smallest absolute Gasteiger partial charge is 0.346 e. The Morgan fingerprint density at radius 2 is 1.84 bits per heavy atom. The topological polar surface area (TPSA) is 53.9 Å². The summed E-state index contributed by atoms with van der Waals surface area (Å²) in [4.78, 5) is 7.92. The van der Waals surface area contributed by atoms with Gasteiger partial charge < -0.3 is 5.11 Å². The van der Waals surface area contributed by atoms with Gasteiger partial charge in [0.2, 0.25) is 0 Å². The summed E-state index contributed by atoms with van der Waals surface area (Å²) in [5.41, 5.74) is 2.42. The summed E-state index contributed by atoms with van der Waals surface area (Å²) in [5.74, 6) is -2.78. The van der Waals surface area contributed by atoms with Crippen LogP contribution in [0, 0.1) is 0 Å². The van der Waals surface area contributed by atoms with Gasteiger partial charge in [0.05, 0.1) is 0 Å². The first-order valence-corrected chi connectivity index (χ1v) is 5.72. The van der Waals surface area contributed by atoms with Crippen molar-refractivity contribution in [3.63, 3.8) is 0 Å². The van der Waals surface area contributed by atoms with Crippen molar-refractivity contribution >= 4 is 29.0 Å². The van der Waals surface area contributed by atoms with Crippen LogP contribution in [0.4, 0.5) is 13.2 Å². The molecule has 0 fully saturated rings. The van der Waals surface area contributed by atoms with Crippen molar-refractivity contribution in [1.82, 2.24) is 5.48 Å². The third-order valence-corrected chi connectivity index (χ3v) is 2.60. The number of aliphatic imine (C=N–C) groups is 1. The predicted molar refractivity (Wildman–Crippen MR) is 62.8 cm³/mol. The second kappa shape index (κ2) is 4.82. The molecule has 0 spiro atoms. The Bertz CT molecular complexity index is 516. The lowest BCUT2D eigenvalue weighted by Crippen LogP contribution is -2.35. The van der Waals surface area contributed by atoms with E-state index in [1.165, 1.54) is 18.2 Å². The lowest BCUT2D eigenvalue weighted by atomic mass is 10.2. The maximum Gasteiger partial charge on any atom is 0.396 e. The van der Waals surface area contributed by atoms with Crippen LogP contribution in [0.1, 0.15) is 12.0 Å². The highest BCUT2D eigenvalue weighted by Crippen LogP contribution is 2.31. The van der Waals surface area contributed by atoms with Crippen LogP contribution in [0.2, 0.25) is 10.0 Å². The van der Waals surface area contributed by atoms with Crippen molar-refractivity contribution < 1.29 is 23.1 Å². The Labute approximate surface area is 115 Å². The Balaban J connectivity index is 2.27. The van der Waals surface area contributed by atoms with Gasteiger partial charge in [0, 0.05) is 15.6 Å². The highest BCUT2D eigenvalue weighted by molar-refractivity contribution is 6.35. The van der Waals surface area contributed by atoms with Gasteiger partial charge in [-0.05, 0) is 18.2 Å². The molecule has 0 saturated carbocycles. The van der Waals surface area contributed by atoms with Crippen molar-refractivity contribution in [2.24, 2.45) is 4.99 Å². The molecule has 2 rings (SSSR count). The van der Waals surface area contributed by atoms with Crippen LogP contribution in [0.15, 0.2) is 23.2 Å². The number of aliphatic hydroxyl groups is 1. The molecule has 19 heavy (non-hydrogen) atoms. The van der Waals surface area contributed by atoms with Gasteiger partial charge in [0.25, 0.3) is 5.91 Å². The fourth-order valence-corrected chi connectivity index (χ4v) is 2.03. The quantitative estimate of drug-likeness (QED) is 0.882. The molecule has 1 aliphatic heterocycles. The maximum absolute atomic E-state index is 12.2. The summed E-state index contributed by atoms with van der Waals surface area (Å²) in [6, 6.07) is 4.29. The van der Waals surface area contributed by atoms with E-state index in [-0.39, 0.29) is 15.9 Å². The zero-order chi connectivity index (χ0) is 14.3. The molecule has 1 atom stereocenters. The molecule has 0 amide bonds. The van der Waals surface area contributed by atoms with Crippen molar-refractivity contribution in [2.75, 3.05) is 0 Å². The fraction of sp³-hybridized carbons (Fsp3) is 0.300. The van der Waals surface area contributed by atoms with E-state index in [4.69, 9.17) is 23.2 Å². The van der Waals surface area contributed by atoms with Gasteiger partial charge in [-0.15, -0.1) is 0 Å². The van der Waals surface area contributed by atoms with Gasteiger partial charge in [0.1, 0.15) is 6.42 Å². The molecule has 104 valence electrons. The lowest BCUT2D eigenvalue weighted by Gasteiger charge is -2.17. The van der Waals surface area contributed by atoms with Gasteiger partial charge in [-0.2, -0.15) is 13.2 Å². The summed E-state index contributed by atoms with van der Waals surface area (Å²) in [6.07, 6.45) is -6.26. The van der Waals surface area contributed by atoms with Crippen LogP contribution in [0.3, 0.4) is 0 Å². The maximum atomic E-state index is 12.2. The van der Waals surface area contributed by atoms with E-state index in [1.54, 1.807) is 0 Å². The molecule has 0 aliphatic carbocycles. The first kappa shape index (κ1) is 14.4. The molecule has 0 bridgehead atoms. The van der Waals surface area contributed by atoms with E-state index in [0.717, 1.165) is 0 Å². The molecule has 2 N–H and O–H groups in total. The van der Waals surface area contributed by atoms with Crippen LogP contribution >= 0.6 is 23.2 Å². The number of alkyl halides is 3. The van der Waals surface area contributed by atoms with Crippen molar-refractivity contribution in [3.8, 4) is 0 Å². The van der Waals surface area contributed by atoms with E-state index in [0.29, 0.717) is 5.56 Å². The van der Waals surface area contributed by atoms with E-state index in [1.807, 2.05) is 0 Å². The summed E-state index contributed by atoms with van der Waals surface area (Å²) >= 11 is 11.5. The third kappa shape index (κ3) is 3.73.